The Morgan fingerprint density at radius 1 is 0.974 bits per heavy atom. The molecule has 0 radical (unpaired) electrons. The number of benzene rings is 3. The number of hydrogen-bond acceptors (Lipinski definition) is 7. The molecule has 1 aliphatic rings. The molecule has 4 aromatic rings. The number of methoxy groups -OCH3 is 1. The number of hydrogen-bond donors (Lipinski definition) is 0. The second-order valence-electron chi connectivity index (χ2n) is 8.61. The van der Waals surface area contributed by atoms with E-state index in [9.17, 15) is 19.2 Å². The Morgan fingerprint density at radius 3 is 2.39 bits per heavy atom. The van der Waals surface area contributed by atoms with Gasteiger partial charge in [-0.2, -0.15) is 0 Å². The number of ketones is 1. The van der Waals surface area contributed by atoms with Crippen molar-refractivity contribution < 1.29 is 33.4 Å². The van der Waals surface area contributed by atoms with Gasteiger partial charge < -0.3 is 18.8 Å². The number of para-hydroxylation sites is 2. The molecule has 38 heavy (non-hydrogen) atoms. The van der Waals surface area contributed by atoms with Gasteiger partial charge in [0.25, 0.3) is 5.91 Å². The highest BCUT2D eigenvalue weighted by Gasteiger charge is 2.49. The van der Waals surface area contributed by atoms with Gasteiger partial charge in [0.15, 0.2) is 0 Å². The molecule has 1 saturated heterocycles. The molecule has 192 valence electrons. The Kier molecular flexibility index (Phi) is 6.42. The molecule has 1 aliphatic heterocycles. The molecule has 0 bridgehead atoms. The summed E-state index contributed by atoms with van der Waals surface area (Å²) < 4.78 is 17.6. The third-order valence-electron chi connectivity index (χ3n) is 6.26. The number of rotatable bonds is 7. The van der Waals surface area contributed by atoms with Crippen LogP contribution in [-0.2, 0) is 14.3 Å². The fourth-order valence-electron chi connectivity index (χ4n) is 4.62. The summed E-state index contributed by atoms with van der Waals surface area (Å²) in [6, 6.07) is 20.9. The van der Waals surface area contributed by atoms with E-state index in [2.05, 4.69) is 0 Å². The highest BCUT2D eigenvalue weighted by Crippen LogP contribution is 2.36. The van der Waals surface area contributed by atoms with Crippen LogP contribution in [0.5, 0.6) is 5.75 Å². The van der Waals surface area contributed by atoms with Gasteiger partial charge in [-0.25, -0.2) is 14.5 Å². The molecule has 1 fully saturated rings. The number of ether oxygens (including phenoxy) is 3. The summed E-state index contributed by atoms with van der Waals surface area (Å²) in [6.45, 7) is 3.53. The average molecular weight is 513 g/mol. The molecular formula is C29H24N2O7. The summed E-state index contributed by atoms with van der Waals surface area (Å²) in [7, 11) is 1.41. The maximum atomic E-state index is 14.1. The van der Waals surface area contributed by atoms with Gasteiger partial charge in [0.1, 0.15) is 11.4 Å². The SMILES string of the molecule is CCOC(=O)c1c(C(=O)C2OC(=O)N(c3cc(C)ccc3OC)C2=O)n(-c2ccccc2)c2ccccc12. The largest absolute Gasteiger partial charge is 0.495 e. The van der Waals surface area contributed by atoms with Crippen LogP contribution in [0.4, 0.5) is 10.5 Å². The van der Waals surface area contributed by atoms with Crippen LogP contribution in [0.25, 0.3) is 16.6 Å². The van der Waals surface area contributed by atoms with Crippen molar-refractivity contribution in [3.8, 4) is 11.4 Å². The number of amides is 2. The number of fused-ring (bicyclic) bond motifs is 1. The molecule has 2 amide bonds. The van der Waals surface area contributed by atoms with E-state index in [1.165, 1.54) is 7.11 Å². The smallest absolute Gasteiger partial charge is 0.422 e. The monoisotopic (exact) mass is 512 g/mol. The van der Waals surface area contributed by atoms with Crippen LogP contribution in [0.2, 0.25) is 0 Å². The van der Waals surface area contributed by atoms with E-state index in [0.717, 1.165) is 10.5 Å². The Balaban J connectivity index is 1.69. The lowest BCUT2D eigenvalue weighted by Crippen LogP contribution is -2.36. The lowest BCUT2D eigenvalue weighted by Gasteiger charge is -2.16. The van der Waals surface area contributed by atoms with Gasteiger partial charge in [0, 0.05) is 11.1 Å². The molecule has 1 atom stereocenters. The molecule has 0 spiro atoms. The summed E-state index contributed by atoms with van der Waals surface area (Å²) in [5.41, 5.74) is 1.94. The van der Waals surface area contributed by atoms with E-state index in [1.807, 2.05) is 6.07 Å². The van der Waals surface area contributed by atoms with Gasteiger partial charge in [-0.1, -0.05) is 42.5 Å². The van der Waals surface area contributed by atoms with E-state index < -0.39 is 29.9 Å². The Labute approximate surface area is 218 Å². The van der Waals surface area contributed by atoms with Crippen molar-refractivity contribution >= 4 is 40.3 Å². The minimum Gasteiger partial charge on any atom is -0.495 e. The maximum Gasteiger partial charge on any atom is 0.422 e. The molecular weight excluding hydrogens is 488 g/mol. The van der Waals surface area contributed by atoms with E-state index in [0.29, 0.717) is 16.6 Å². The predicted octanol–water partition coefficient (Wildman–Crippen LogP) is 4.86. The Bertz CT molecular complexity index is 1590. The number of esters is 1. The number of cyclic esters (lactones) is 1. The standard InChI is InChI=1S/C29H24N2O7/c1-4-37-28(34)23-19-12-8-9-13-20(19)30(18-10-6-5-7-11-18)24(23)25(32)26-27(33)31(29(35)38-26)21-16-17(2)14-15-22(21)36-3/h5-16,26H,4H2,1-3H3. The zero-order valence-corrected chi connectivity index (χ0v) is 21.0. The number of carbonyl (C=O) groups is 4. The summed E-state index contributed by atoms with van der Waals surface area (Å²) in [5.74, 6) is -2.19. The lowest BCUT2D eigenvalue weighted by molar-refractivity contribution is -0.120. The fourth-order valence-corrected chi connectivity index (χ4v) is 4.62. The van der Waals surface area contributed by atoms with Crippen LogP contribution in [0.1, 0.15) is 33.3 Å². The van der Waals surface area contributed by atoms with Gasteiger partial charge in [-0.15, -0.1) is 0 Å². The van der Waals surface area contributed by atoms with E-state index in [1.54, 1.807) is 85.1 Å². The topological polar surface area (TPSA) is 104 Å². The lowest BCUT2D eigenvalue weighted by atomic mass is 10.0. The average Bonchev–Trinajstić information content (AvgIpc) is 3.42. The van der Waals surface area contributed by atoms with Gasteiger partial charge in [0.05, 0.1) is 30.5 Å². The van der Waals surface area contributed by atoms with Crippen molar-refractivity contribution in [1.82, 2.24) is 4.57 Å². The molecule has 0 N–H and O–H groups in total. The van der Waals surface area contributed by atoms with Gasteiger partial charge in [-0.3, -0.25) is 9.59 Å². The second kappa shape index (κ2) is 9.85. The molecule has 5 rings (SSSR count). The number of carbonyl (C=O) groups excluding carboxylic acids is 4. The van der Waals surface area contributed by atoms with Crippen molar-refractivity contribution in [2.24, 2.45) is 0 Å². The van der Waals surface area contributed by atoms with Crippen LogP contribution >= 0.6 is 0 Å². The van der Waals surface area contributed by atoms with Crippen LogP contribution in [0, 0.1) is 6.92 Å². The third kappa shape index (κ3) is 3.98. The van der Waals surface area contributed by atoms with Crippen LogP contribution in [0.3, 0.4) is 0 Å². The Morgan fingerprint density at radius 2 is 1.68 bits per heavy atom. The van der Waals surface area contributed by atoms with Gasteiger partial charge in [-0.05, 0) is 49.7 Å². The number of aromatic nitrogens is 1. The van der Waals surface area contributed by atoms with E-state index >= 15 is 0 Å². The quantitative estimate of drug-likeness (QED) is 0.198. The number of aryl methyl sites for hydroxylation is 1. The van der Waals surface area contributed by atoms with Crippen molar-refractivity contribution in [3.63, 3.8) is 0 Å². The number of Topliss-reactive ketones (excluding diaryl/α,β-unsaturated/α-hetero) is 1. The first-order chi connectivity index (χ1) is 18.4. The first kappa shape index (κ1) is 24.8. The second-order valence-corrected chi connectivity index (χ2v) is 8.61. The Hall–Kier alpha value is -4.92. The number of anilines is 1. The highest BCUT2D eigenvalue weighted by molar-refractivity contribution is 6.30. The zero-order valence-electron chi connectivity index (χ0n) is 21.0. The normalized spacial score (nSPS) is 15.0. The molecule has 9 nitrogen and oxygen atoms in total. The molecule has 0 saturated carbocycles. The van der Waals surface area contributed by atoms with Crippen molar-refractivity contribution in [2.45, 2.75) is 20.0 Å². The minimum atomic E-state index is -1.81. The van der Waals surface area contributed by atoms with E-state index in [-0.39, 0.29) is 29.3 Å². The molecule has 9 heteroatoms. The summed E-state index contributed by atoms with van der Waals surface area (Å²) in [6.07, 6.45) is -2.83. The summed E-state index contributed by atoms with van der Waals surface area (Å²) in [4.78, 5) is 54.6. The first-order valence-corrected chi connectivity index (χ1v) is 12.0. The molecule has 2 heterocycles. The van der Waals surface area contributed by atoms with Crippen molar-refractivity contribution in [1.29, 1.82) is 0 Å². The zero-order chi connectivity index (χ0) is 27.0. The van der Waals surface area contributed by atoms with Crippen molar-refractivity contribution in [3.05, 3.63) is 89.6 Å². The highest BCUT2D eigenvalue weighted by atomic mass is 16.6. The predicted molar refractivity (Wildman–Crippen MR) is 139 cm³/mol. The maximum absolute atomic E-state index is 14.1. The first-order valence-electron chi connectivity index (χ1n) is 12.0. The summed E-state index contributed by atoms with van der Waals surface area (Å²) >= 11 is 0. The molecule has 0 aliphatic carbocycles. The molecule has 3 aromatic carbocycles. The molecule has 1 aromatic heterocycles. The fraction of sp³-hybridized carbons (Fsp3) is 0.172. The third-order valence-corrected chi connectivity index (χ3v) is 6.26. The summed E-state index contributed by atoms with van der Waals surface area (Å²) in [5, 5.41) is 0.465. The van der Waals surface area contributed by atoms with E-state index in [4.69, 9.17) is 14.2 Å². The van der Waals surface area contributed by atoms with Gasteiger partial charge in [0.2, 0.25) is 11.9 Å². The number of nitrogens with zero attached hydrogens (tertiary/aromatic N) is 2. The van der Waals surface area contributed by atoms with Crippen LogP contribution in [0.15, 0.2) is 72.8 Å². The van der Waals surface area contributed by atoms with Crippen molar-refractivity contribution in [2.75, 3.05) is 18.6 Å². The van der Waals surface area contributed by atoms with Crippen LogP contribution in [-0.4, -0.2) is 48.1 Å². The van der Waals surface area contributed by atoms with Gasteiger partial charge >= 0.3 is 12.1 Å². The minimum absolute atomic E-state index is 0.00765. The van der Waals surface area contributed by atoms with Crippen LogP contribution < -0.4 is 9.64 Å². The number of imide groups is 1. The molecule has 1 unspecified atom stereocenters.